The van der Waals surface area contributed by atoms with Gasteiger partial charge in [-0.3, -0.25) is 4.79 Å². The third kappa shape index (κ3) is 3.08. The molecule has 1 aromatic carbocycles. The number of amides is 1. The van der Waals surface area contributed by atoms with Gasteiger partial charge in [-0.2, -0.15) is 0 Å². The Kier molecular flexibility index (Phi) is 4.10. The van der Waals surface area contributed by atoms with E-state index in [-0.39, 0.29) is 17.5 Å². The lowest BCUT2D eigenvalue weighted by atomic mass is 10.1. The third-order valence-corrected chi connectivity index (χ3v) is 4.68. The Morgan fingerprint density at radius 3 is 2.71 bits per heavy atom. The second-order valence-electron chi connectivity index (χ2n) is 6.56. The molecule has 4 rings (SSSR count). The van der Waals surface area contributed by atoms with E-state index in [2.05, 4.69) is 0 Å². The van der Waals surface area contributed by atoms with Crippen molar-refractivity contribution in [3.8, 4) is 11.3 Å². The predicted octanol–water partition coefficient (Wildman–Crippen LogP) is 3.73. The first-order chi connectivity index (χ1) is 11.7. The number of ether oxygens (including phenoxy) is 1. The topological polar surface area (TPSA) is 42.7 Å². The monoisotopic (exact) mass is 329 g/mol. The largest absolute Gasteiger partial charge is 0.451 e. The van der Waals surface area contributed by atoms with Crippen LogP contribution >= 0.6 is 0 Å². The number of nitrogens with zero attached hydrogens (tertiary/aromatic N) is 1. The van der Waals surface area contributed by atoms with Gasteiger partial charge in [-0.1, -0.05) is 12.1 Å². The first kappa shape index (κ1) is 15.4. The molecule has 24 heavy (non-hydrogen) atoms. The molecular formula is C19H20FNO3. The predicted molar refractivity (Wildman–Crippen MR) is 87.1 cm³/mol. The van der Waals surface area contributed by atoms with Crippen molar-refractivity contribution in [1.29, 1.82) is 0 Å². The Balaban J connectivity index is 1.54. The van der Waals surface area contributed by atoms with Gasteiger partial charge >= 0.3 is 0 Å². The van der Waals surface area contributed by atoms with Crippen LogP contribution in [-0.4, -0.2) is 36.6 Å². The minimum Gasteiger partial charge on any atom is -0.451 e. The van der Waals surface area contributed by atoms with Crippen LogP contribution in [0.2, 0.25) is 0 Å². The second-order valence-corrected chi connectivity index (χ2v) is 6.56. The molecule has 0 bridgehead atoms. The molecular weight excluding hydrogens is 309 g/mol. The molecule has 0 unspecified atom stereocenters. The highest BCUT2D eigenvalue weighted by molar-refractivity contribution is 5.92. The molecule has 1 aliphatic carbocycles. The van der Waals surface area contributed by atoms with Gasteiger partial charge in [-0.15, -0.1) is 0 Å². The van der Waals surface area contributed by atoms with Gasteiger partial charge in [0, 0.05) is 25.1 Å². The maximum Gasteiger partial charge on any atom is 0.289 e. The van der Waals surface area contributed by atoms with Crippen molar-refractivity contribution in [3.05, 3.63) is 48.0 Å². The zero-order valence-corrected chi connectivity index (χ0v) is 13.4. The second kappa shape index (κ2) is 6.40. The summed E-state index contributed by atoms with van der Waals surface area (Å²) in [6, 6.07) is 10.0. The van der Waals surface area contributed by atoms with E-state index in [9.17, 15) is 9.18 Å². The lowest BCUT2D eigenvalue weighted by Crippen LogP contribution is -2.37. The molecule has 2 aromatic rings. The van der Waals surface area contributed by atoms with E-state index >= 15 is 0 Å². The van der Waals surface area contributed by atoms with Crippen LogP contribution in [0, 0.1) is 11.7 Å². The maximum atomic E-state index is 13.9. The summed E-state index contributed by atoms with van der Waals surface area (Å²) in [7, 11) is 0. The molecule has 0 N–H and O–H groups in total. The average Bonchev–Trinajstić information content (AvgIpc) is 3.10. The van der Waals surface area contributed by atoms with Crippen LogP contribution < -0.4 is 0 Å². The molecule has 1 atom stereocenters. The molecule has 1 saturated heterocycles. The smallest absolute Gasteiger partial charge is 0.289 e. The number of benzene rings is 1. The zero-order chi connectivity index (χ0) is 16.5. The Bertz CT molecular complexity index is 732. The molecule has 0 spiro atoms. The number of carbonyl (C=O) groups excluding carboxylic acids is 1. The van der Waals surface area contributed by atoms with Crippen LogP contribution in [0.1, 0.15) is 29.8 Å². The van der Waals surface area contributed by atoms with E-state index in [0.29, 0.717) is 29.8 Å². The highest BCUT2D eigenvalue weighted by Gasteiger charge is 2.36. The Morgan fingerprint density at radius 1 is 1.17 bits per heavy atom. The normalized spacial score (nSPS) is 20.3. The Morgan fingerprint density at radius 2 is 2.00 bits per heavy atom. The van der Waals surface area contributed by atoms with Crippen molar-refractivity contribution in [1.82, 2.24) is 4.90 Å². The lowest BCUT2D eigenvalue weighted by molar-refractivity contribution is 0.0675. The number of rotatable bonds is 5. The Hall–Kier alpha value is -2.14. The molecule has 5 heteroatoms. The highest BCUT2D eigenvalue weighted by atomic mass is 19.1. The number of hydrogen-bond acceptors (Lipinski definition) is 3. The van der Waals surface area contributed by atoms with E-state index in [1.54, 1.807) is 30.3 Å². The van der Waals surface area contributed by atoms with E-state index in [1.807, 2.05) is 4.90 Å². The fourth-order valence-electron chi connectivity index (χ4n) is 3.19. The van der Waals surface area contributed by atoms with Crippen LogP contribution in [-0.2, 0) is 4.74 Å². The van der Waals surface area contributed by atoms with Crippen molar-refractivity contribution >= 4 is 5.91 Å². The van der Waals surface area contributed by atoms with E-state index in [1.165, 1.54) is 6.07 Å². The molecule has 1 aliphatic heterocycles. The van der Waals surface area contributed by atoms with Crippen molar-refractivity contribution in [2.75, 3.05) is 19.8 Å². The van der Waals surface area contributed by atoms with E-state index in [4.69, 9.17) is 9.15 Å². The summed E-state index contributed by atoms with van der Waals surface area (Å²) in [5, 5.41) is 0. The molecule has 4 nitrogen and oxygen atoms in total. The minimum atomic E-state index is -0.354. The minimum absolute atomic E-state index is 0.105. The van der Waals surface area contributed by atoms with Crippen LogP contribution in [0.3, 0.4) is 0 Å². The standard InChI is InChI=1S/C19H20FNO3/c20-16-4-2-1-3-15(16)17-7-8-18(24-17)19(22)21(14-5-6-14)11-13-9-10-23-12-13/h1-4,7-8,13-14H,5-6,9-12H2/t13-/m0/s1. The summed E-state index contributed by atoms with van der Waals surface area (Å²) < 4.78 is 25.0. The lowest BCUT2D eigenvalue weighted by Gasteiger charge is -2.24. The summed E-state index contributed by atoms with van der Waals surface area (Å²) in [5.74, 6) is 0.603. The van der Waals surface area contributed by atoms with Gasteiger partial charge in [0.05, 0.1) is 12.2 Å². The van der Waals surface area contributed by atoms with E-state index < -0.39 is 0 Å². The van der Waals surface area contributed by atoms with E-state index in [0.717, 1.165) is 32.5 Å². The van der Waals surface area contributed by atoms with Crippen molar-refractivity contribution in [2.45, 2.75) is 25.3 Å². The van der Waals surface area contributed by atoms with Crippen LogP contribution in [0.25, 0.3) is 11.3 Å². The third-order valence-electron chi connectivity index (χ3n) is 4.68. The summed E-state index contributed by atoms with van der Waals surface area (Å²) in [6.07, 6.45) is 3.08. The first-order valence-corrected chi connectivity index (χ1v) is 8.46. The van der Waals surface area contributed by atoms with Gasteiger partial charge in [0.1, 0.15) is 11.6 Å². The summed E-state index contributed by atoms with van der Waals surface area (Å²) in [5.41, 5.74) is 0.374. The fourth-order valence-corrected chi connectivity index (χ4v) is 3.19. The van der Waals surface area contributed by atoms with Crippen molar-refractivity contribution in [2.24, 2.45) is 5.92 Å². The van der Waals surface area contributed by atoms with Crippen molar-refractivity contribution in [3.63, 3.8) is 0 Å². The van der Waals surface area contributed by atoms with Crippen LogP contribution in [0.4, 0.5) is 4.39 Å². The quantitative estimate of drug-likeness (QED) is 0.839. The number of hydrogen-bond donors (Lipinski definition) is 0. The van der Waals surface area contributed by atoms with Gasteiger partial charge in [-0.05, 0) is 43.5 Å². The SMILES string of the molecule is O=C(c1ccc(-c2ccccc2F)o1)N(C[C@@H]1CCOC1)C1CC1. The van der Waals surface area contributed by atoms with Gasteiger partial charge in [0.15, 0.2) is 5.76 Å². The summed E-state index contributed by atoms with van der Waals surface area (Å²) in [4.78, 5) is 14.7. The van der Waals surface area contributed by atoms with Crippen LogP contribution in [0.5, 0.6) is 0 Å². The molecule has 0 radical (unpaired) electrons. The molecule has 2 fully saturated rings. The fraction of sp³-hybridized carbons (Fsp3) is 0.421. The Labute approximate surface area is 140 Å². The molecule has 126 valence electrons. The highest BCUT2D eigenvalue weighted by Crippen LogP contribution is 2.32. The van der Waals surface area contributed by atoms with Crippen molar-refractivity contribution < 1.29 is 18.3 Å². The summed E-state index contributed by atoms with van der Waals surface area (Å²) in [6.45, 7) is 2.20. The molecule has 2 heterocycles. The zero-order valence-electron chi connectivity index (χ0n) is 13.4. The molecule has 1 amide bonds. The van der Waals surface area contributed by atoms with Gasteiger partial charge in [0.25, 0.3) is 5.91 Å². The van der Waals surface area contributed by atoms with Gasteiger partial charge in [-0.25, -0.2) is 4.39 Å². The molecule has 1 aromatic heterocycles. The van der Waals surface area contributed by atoms with Gasteiger partial charge in [0.2, 0.25) is 0 Å². The van der Waals surface area contributed by atoms with Crippen LogP contribution in [0.15, 0.2) is 40.8 Å². The average molecular weight is 329 g/mol. The van der Waals surface area contributed by atoms with Gasteiger partial charge < -0.3 is 14.1 Å². The number of carbonyl (C=O) groups is 1. The maximum absolute atomic E-state index is 13.9. The summed E-state index contributed by atoms with van der Waals surface area (Å²) >= 11 is 0. The first-order valence-electron chi connectivity index (χ1n) is 8.46. The number of halogens is 1. The molecule has 2 aliphatic rings. The molecule has 1 saturated carbocycles. The number of furan rings is 1.